The molecule has 17 heavy (non-hydrogen) atoms. The molecule has 0 radical (unpaired) electrons. The van der Waals surface area contributed by atoms with Gasteiger partial charge in [-0.15, -0.1) is 6.58 Å². The van der Waals surface area contributed by atoms with Crippen molar-refractivity contribution in [1.29, 1.82) is 0 Å². The predicted molar refractivity (Wildman–Crippen MR) is 72.0 cm³/mol. The van der Waals surface area contributed by atoms with Gasteiger partial charge in [0.1, 0.15) is 0 Å². The molecular formula is C14H27NO2. The molecule has 0 aromatic heterocycles. The van der Waals surface area contributed by atoms with E-state index >= 15 is 0 Å². The van der Waals surface area contributed by atoms with E-state index in [1.165, 1.54) is 0 Å². The molecule has 0 aliphatic rings. The smallest absolute Gasteiger partial charge is 0.220 e. The van der Waals surface area contributed by atoms with E-state index in [-0.39, 0.29) is 11.4 Å². The standard InChI is InChI=1S/C14H27NO2/c1-5-11-17-12-9-7-6-8-10-13(16)15-14(2,3)4/h5H,1,6-12H2,2-4H3,(H,15,16). The van der Waals surface area contributed by atoms with Crippen molar-refractivity contribution in [2.75, 3.05) is 13.2 Å². The molecule has 0 saturated carbocycles. The Morgan fingerprint density at radius 2 is 1.88 bits per heavy atom. The van der Waals surface area contributed by atoms with Crippen molar-refractivity contribution in [3.8, 4) is 0 Å². The summed E-state index contributed by atoms with van der Waals surface area (Å²) in [5.74, 6) is 0.153. The summed E-state index contributed by atoms with van der Waals surface area (Å²) in [6, 6.07) is 0. The minimum absolute atomic E-state index is 0.115. The fourth-order valence-electron chi connectivity index (χ4n) is 1.49. The highest BCUT2D eigenvalue weighted by Gasteiger charge is 2.12. The number of carbonyl (C=O) groups excluding carboxylic acids is 1. The molecule has 0 aliphatic carbocycles. The SMILES string of the molecule is C=CCOCCCCCCC(=O)NC(C)(C)C. The summed E-state index contributed by atoms with van der Waals surface area (Å²) in [7, 11) is 0. The summed E-state index contributed by atoms with van der Waals surface area (Å²) >= 11 is 0. The summed E-state index contributed by atoms with van der Waals surface area (Å²) in [5, 5.41) is 2.96. The number of carbonyl (C=O) groups is 1. The van der Waals surface area contributed by atoms with Crippen LogP contribution in [0.3, 0.4) is 0 Å². The van der Waals surface area contributed by atoms with E-state index in [1.54, 1.807) is 6.08 Å². The third-order valence-electron chi connectivity index (χ3n) is 2.19. The predicted octanol–water partition coefficient (Wildman–Crippen LogP) is 3.05. The highest BCUT2D eigenvalue weighted by atomic mass is 16.5. The Bertz CT molecular complexity index is 219. The van der Waals surface area contributed by atoms with Crippen LogP contribution < -0.4 is 5.32 Å². The lowest BCUT2D eigenvalue weighted by molar-refractivity contribution is -0.122. The molecule has 3 nitrogen and oxygen atoms in total. The van der Waals surface area contributed by atoms with Crippen LogP contribution in [-0.4, -0.2) is 24.7 Å². The fourth-order valence-corrected chi connectivity index (χ4v) is 1.49. The van der Waals surface area contributed by atoms with Crippen LogP contribution in [0.4, 0.5) is 0 Å². The van der Waals surface area contributed by atoms with Crippen molar-refractivity contribution < 1.29 is 9.53 Å². The van der Waals surface area contributed by atoms with Crippen molar-refractivity contribution in [3.05, 3.63) is 12.7 Å². The topological polar surface area (TPSA) is 38.3 Å². The first-order chi connectivity index (χ1) is 7.95. The molecule has 0 fully saturated rings. The number of nitrogens with one attached hydrogen (secondary N) is 1. The lowest BCUT2D eigenvalue weighted by atomic mass is 10.1. The first-order valence-electron chi connectivity index (χ1n) is 6.45. The Kier molecular flexibility index (Phi) is 8.78. The Hall–Kier alpha value is -0.830. The van der Waals surface area contributed by atoms with Crippen LogP contribution >= 0.6 is 0 Å². The first kappa shape index (κ1) is 16.2. The van der Waals surface area contributed by atoms with Crippen LogP contribution in [0.2, 0.25) is 0 Å². The maximum Gasteiger partial charge on any atom is 0.220 e. The van der Waals surface area contributed by atoms with Crippen LogP contribution in [0, 0.1) is 0 Å². The number of amides is 1. The third kappa shape index (κ3) is 13.1. The quantitative estimate of drug-likeness (QED) is 0.497. The first-order valence-corrected chi connectivity index (χ1v) is 6.45. The average Bonchev–Trinajstić information content (AvgIpc) is 2.19. The Balaban J connectivity index is 3.28. The monoisotopic (exact) mass is 241 g/mol. The van der Waals surface area contributed by atoms with Gasteiger partial charge in [0.2, 0.25) is 5.91 Å². The van der Waals surface area contributed by atoms with Gasteiger partial charge in [0.05, 0.1) is 6.61 Å². The van der Waals surface area contributed by atoms with E-state index in [9.17, 15) is 4.79 Å². The molecule has 3 heteroatoms. The van der Waals surface area contributed by atoms with Crippen LogP contribution in [0.5, 0.6) is 0 Å². The summed E-state index contributed by atoms with van der Waals surface area (Å²) in [4.78, 5) is 11.5. The second-order valence-electron chi connectivity index (χ2n) is 5.33. The number of rotatable bonds is 9. The normalized spacial score (nSPS) is 11.2. The fraction of sp³-hybridized carbons (Fsp3) is 0.786. The second-order valence-corrected chi connectivity index (χ2v) is 5.33. The zero-order valence-corrected chi connectivity index (χ0v) is 11.6. The second kappa shape index (κ2) is 9.23. The zero-order chi connectivity index (χ0) is 13.1. The van der Waals surface area contributed by atoms with E-state index in [2.05, 4.69) is 11.9 Å². The van der Waals surface area contributed by atoms with Crippen molar-refractivity contribution in [1.82, 2.24) is 5.32 Å². The summed E-state index contributed by atoms with van der Waals surface area (Å²) in [5.41, 5.74) is -0.115. The molecule has 0 bridgehead atoms. The van der Waals surface area contributed by atoms with Crippen LogP contribution in [0.1, 0.15) is 52.9 Å². The van der Waals surface area contributed by atoms with Crippen molar-refractivity contribution >= 4 is 5.91 Å². The number of hydrogen-bond acceptors (Lipinski definition) is 2. The van der Waals surface area contributed by atoms with E-state index in [0.29, 0.717) is 13.0 Å². The van der Waals surface area contributed by atoms with Gasteiger partial charge in [0.15, 0.2) is 0 Å². The minimum Gasteiger partial charge on any atom is -0.377 e. The van der Waals surface area contributed by atoms with Crippen molar-refractivity contribution in [2.45, 2.75) is 58.4 Å². The van der Waals surface area contributed by atoms with E-state index < -0.39 is 0 Å². The van der Waals surface area contributed by atoms with Gasteiger partial charge in [-0.1, -0.05) is 18.9 Å². The third-order valence-corrected chi connectivity index (χ3v) is 2.19. The highest BCUT2D eigenvalue weighted by Crippen LogP contribution is 2.05. The Morgan fingerprint density at radius 1 is 1.24 bits per heavy atom. The number of unbranched alkanes of at least 4 members (excludes halogenated alkanes) is 3. The van der Waals surface area contributed by atoms with Gasteiger partial charge >= 0.3 is 0 Å². The van der Waals surface area contributed by atoms with Crippen molar-refractivity contribution in [3.63, 3.8) is 0 Å². The lowest BCUT2D eigenvalue weighted by Crippen LogP contribution is -2.40. The van der Waals surface area contributed by atoms with Crippen LogP contribution in [-0.2, 0) is 9.53 Å². The molecule has 0 aromatic rings. The molecule has 1 N–H and O–H groups in total. The molecular weight excluding hydrogens is 214 g/mol. The molecule has 0 atom stereocenters. The summed E-state index contributed by atoms with van der Waals surface area (Å²) < 4.78 is 5.28. The molecule has 0 aromatic carbocycles. The van der Waals surface area contributed by atoms with Gasteiger partial charge < -0.3 is 10.1 Å². The van der Waals surface area contributed by atoms with E-state index in [1.807, 2.05) is 20.8 Å². The van der Waals surface area contributed by atoms with Crippen molar-refractivity contribution in [2.24, 2.45) is 0 Å². The van der Waals surface area contributed by atoms with E-state index in [4.69, 9.17) is 4.74 Å². The van der Waals surface area contributed by atoms with Gasteiger partial charge in [0, 0.05) is 18.6 Å². The number of hydrogen-bond donors (Lipinski definition) is 1. The largest absolute Gasteiger partial charge is 0.377 e. The maximum absolute atomic E-state index is 11.5. The van der Waals surface area contributed by atoms with Gasteiger partial charge in [0.25, 0.3) is 0 Å². The van der Waals surface area contributed by atoms with E-state index in [0.717, 1.165) is 32.3 Å². The lowest BCUT2D eigenvalue weighted by Gasteiger charge is -2.20. The van der Waals surface area contributed by atoms with Gasteiger partial charge in [-0.05, 0) is 33.6 Å². The molecule has 0 spiro atoms. The molecule has 0 heterocycles. The molecule has 0 aliphatic heterocycles. The van der Waals surface area contributed by atoms with Crippen LogP contribution in [0.25, 0.3) is 0 Å². The van der Waals surface area contributed by atoms with Gasteiger partial charge in [-0.25, -0.2) is 0 Å². The van der Waals surface area contributed by atoms with Gasteiger partial charge in [-0.3, -0.25) is 4.79 Å². The highest BCUT2D eigenvalue weighted by molar-refractivity contribution is 5.76. The minimum atomic E-state index is -0.115. The Labute approximate surface area is 106 Å². The number of ether oxygens (including phenoxy) is 1. The summed E-state index contributed by atoms with van der Waals surface area (Å²) in [6.07, 6.45) is 6.63. The summed E-state index contributed by atoms with van der Waals surface area (Å²) in [6.45, 7) is 11.0. The zero-order valence-electron chi connectivity index (χ0n) is 11.6. The molecule has 0 unspecified atom stereocenters. The molecule has 1 amide bonds. The molecule has 0 rings (SSSR count). The van der Waals surface area contributed by atoms with Gasteiger partial charge in [-0.2, -0.15) is 0 Å². The maximum atomic E-state index is 11.5. The average molecular weight is 241 g/mol. The Morgan fingerprint density at radius 3 is 2.47 bits per heavy atom. The van der Waals surface area contributed by atoms with Crippen LogP contribution in [0.15, 0.2) is 12.7 Å². The molecule has 0 saturated heterocycles. The molecule has 100 valence electrons.